The molecule has 0 bridgehead atoms. The molecule has 1 amide bonds. The van der Waals surface area contributed by atoms with Crippen molar-refractivity contribution in [1.29, 1.82) is 5.26 Å². The summed E-state index contributed by atoms with van der Waals surface area (Å²) in [5.41, 5.74) is 9.00. The van der Waals surface area contributed by atoms with Gasteiger partial charge < -0.3 is 11.1 Å². The van der Waals surface area contributed by atoms with Crippen LogP contribution in [0.25, 0.3) is 0 Å². The molecule has 0 fully saturated rings. The van der Waals surface area contributed by atoms with Crippen LogP contribution in [-0.2, 0) is 19.9 Å². The molecule has 1 heterocycles. The summed E-state index contributed by atoms with van der Waals surface area (Å²) in [6, 6.07) is 9.22. The lowest BCUT2D eigenvalue weighted by molar-refractivity contribution is 0.101. The number of carbonyl (C=O) groups is 1. The van der Waals surface area contributed by atoms with Crippen molar-refractivity contribution in [1.82, 2.24) is 9.78 Å². The number of aromatic nitrogens is 2. The lowest BCUT2D eigenvalue weighted by atomic mass is 10.1. The van der Waals surface area contributed by atoms with Crippen LogP contribution in [0.2, 0.25) is 0 Å². The average molecular weight is 283 g/mol. The number of nitrogens with two attached hydrogens (primary N) is 1. The van der Waals surface area contributed by atoms with Gasteiger partial charge in [0.15, 0.2) is 0 Å². The minimum absolute atomic E-state index is 0.296. The lowest BCUT2D eigenvalue weighted by Gasteiger charge is -2.07. The van der Waals surface area contributed by atoms with Gasteiger partial charge in [0.1, 0.15) is 5.69 Å². The van der Waals surface area contributed by atoms with E-state index in [0.717, 1.165) is 5.56 Å². The zero-order chi connectivity index (χ0) is 15.4. The number of hydrogen-bond acceptors (Lipinski definition) is 4. The summed E-state index contributed by atoms with van der Waals surface area (Å²) >= 11 is 0. The van der Waals surface area contributed by atoms with Crippen LogP contribution in [0, 0.1) is 11.3 Å². The molecular weight excluding hydrogens is 266 g/mol. The third-order valence-electron chi connectivity index (χ3n) is 3.21. The fourth-order valence-corrected chi connectivity index (χ4v) is 2.11. The number of nitrogen functional groups attached to an aromatic ring is 1. The standard InChI is InChI=1S/C15H17N5O/c1-3-12-13(17)14(20(2)19-12)15(21)18-11-6-4-10(5-7-11)8-9-16/h4-7H,3,8,17H2,1-2H3,(H,18,21). The van der Waals surface area contributed by atoms with E-state index in [1.54, 1.807) is 19.2 Å². The van der Waals surface area contributed by atoms with E-state index in [4.69, 9.17) is 11.0 Å². The number of nitrogens with one attached hydrogen (secondary N) is 1. The first-order chi connectivity index (χ1) is 10.1. The fraction of sp³-hybridized carbons (Fsp3) is 0.267. The van der Waals surface area contributed by atoms with Crippen LogP contribution in [-0.4, -0.2) is 15.7 Å². The van der Waals surface area contributed by atoms with Gasteiger partial charge in [0.05, 0.1) is 23.9 Å². The summed E-state index contributed by atoms with van der Waals surface area (Å²) in [7, 11) is 1.69. The lowest BCUT2D eigenvalue weighted by Crippen LogP contribution is -2.17. The van der Waals surface area contributed by atoms with Gasteiger partial charge in [-0.2, -0.15) is 10.4 Å². The Labute approximate surface area is 123 Å². The maximum absolute atomic E-state index is 12.3. The smallest absolute Gasteiger partial charge is 0.276 e. The first kappa shape index (κ1) is 14.6. The Kier molecular flexibility index (Phi) is 4.24. The normalized spacial score (nSPS) is 10.1. The van der Waals surface area contributed by atoms with Gasteiger partial charge in [-0.1, -0.05) is 19.1 Å². The second-order valence-electron chi connectivity index (χ2n) is 4.67. The van der Waals surface area contributed by atoms with Gasteiger partial charge in [-0.25, -0.2) is 0 Å². The van der Waals surface area contributed by atoms with Crippen LogP contribution < -0.4 is 11.1 Å². The second-order valence-corrected chi connectivity index (χ2v) is 4.67. The number of amides is 1. The van der Waals surface area contributed by atoms with Gasteiger partial charge in [-0.3, -0.25) is 9.48 Å². The van der Waals surface area contributed by atoms with E-state index in [-0.39, 0.29) is 5.91 Å². The number of benzene rings is 1. The highest BCUT2D eigenvalue weighted by atomic mass is 16.2. The largest absolute Gasteiger partial charge is 0.395 e. The molecule has 1 aromatic carbocycles. The van der Waals surface area contributed by atoms with E-state index < -0.39 is 0 Å². The van der Waals surface area contributed by atoms with Crippen LogP contribution in [0.3, 0.4) is 0 Å². The van der Waals surface area contributed by atoms with Crippen molar-refractivity contribution in [2.45, 2.75) is 19.8 Å². The number of hydrogen-bond donors (Lipinski definition) is 2. The number of rotatable bonds is 4. The van der Waals surface area contributed by atoms with Crippen LogP contribution in [0.5, 0.6) is 0 Å². The number of nitriles is 1. The SMILES string of the molecule is CCc1nn(C)c(C(=O)Nc2ccc(CC#N)cc2)c1N. The Bertz CT molecular complexity index is 694. The maximum atomic E-state index is 12.3. The molecule has 6 heteroatoms. The highest BCUT2D eigenvalue weighted by Gasteiger charge is 2.19. The molecule has 2 aromatic rings. The van der Waals surface area contributed by atoms with E-state index in [1.165, 1.54) is 4.68 Å². The Balaban J connectivity index is 2.18. The van der Waals surface area contributed by atoms with Crippen molar-refractivity contribution in [2.75, 3.05) is 11.1 Å². The Morgan fingerprint density at radius 3 is 2.62 bits per heavy atom. The molecule has 0 aliphatic rings. The van der Waals surface area contributed by atoms with Gasteiger partial charge in [-0.15, -0.1) is 0 Å². The maximum Gasteiger partial charge on any atom is 0.276 e. The zero-order valence-corrected chi connectivity index (χ0v) is 12.1. The Morgan fingerprint density at radius 2 is 2.10 bits per heavy atom. The van der Waals surface area contributed by atoms with Crippen molar-refractivity contribution < 1.29 is 4.79 Å². The number of aryl methyl sites for hydroxylation is 2. The van der Waals surface area contributed by atoms with E-state index >= 15 is 0 Å². The summed E-state index contributed by atoms with van der Waals surface area (Å²) in [5, 5.41) is 15.6. The van der Waals surface area contributed by atoms with E-state index in [1.807, 2.05) is 19.1 Å². The molecular formula is C15H17N5O. The molecule has 1 aromatic heterocycles. The van der Waals surface area contributed by atoms with Crippen molar-refractivity contribution in [3.05, 3.63) is 41.2 Å². The molecule has 0 radical (unpaired) electrons. The summed E-state index contributed by atoms with van der Waals surface area (Å²) in [4.78, 5) is 12.3. The van der Waals surface area contributed by atoms with E-state index in [9.17, 15) is 4.79 Å². The quantitative estimate of drug-likeness (QED) is 0.895. The van der Waals surface area contributed by atoms with Gasteiger partial charge in [0, 0.05) is 12.7 Å². The van der Waals surface area contributed by atoms with Gasteiger partial charge in [0.25, 0.3) is 5.91 Å². The van der Waals surface area contributed by atoms with E-state index in [0.29, 0.717) is 35.6 Å². The summed E-state index contributed by atoms with van der Waals surface area (Å²) in [6.07, 6.45) is 1.03. The molecule has 2 rings (SSSR count). The molecule has 0 unspecified atom stereocenters. The first-order valence-corrected chi connectivity index (χ1v) is 6.65. The minimum Gasteiger partial charge on any atom is -0.395 e. The molecule has 6 nitrogen and oxygen atoms in total. The summed E-state index contributed by atoms with van der Waals surface area (Å²) < 4.78 is 1.49. The number of anilines is 2. The molecule has 0 spiro atoms. The van der Waals surface area contributed by atoms with Crippen molar-refractivity contribution in [2.24, 2.45) is 7.05 Å². The van der Waals surface area contributed by atoms with E-state index in [2.05, 4.69) is 16.5 Å². The fourth-order valence-electron chi connectivity index (χ4n) is 2.11. The van der Waals surface area contributed by atoms with Crippen LogP contribution in [0.1, 0.15) is 28.7 Å². The molecule has 108 valence electrons. The average Bonchev–Trinajstić information content (AvgIpc) is 2.75. The van der Waals surface area contributed by atoms with Gasteiger partial charge >= 0.3 is 0 Å². The predicted molar refractivity (Wildman–Crippen MR) is 80.7 cm³/mol. The molecule has 0 saturated heterocycles. The molecule has 0 aliphatic heterocycles. The minimum atomic E-state index is -0.296. The summed E-state index contributed by atoms with van der Waals surface area (Å²) in [6.45, 7) is 1.94. The molecule has 0 aliphatic carbocycles. The topological polar surface area (TPSA) is 96.7 Å². The van der Waals surface area contributed by atoms with Crippen LogP contribution in [0.4, 0.5) is 11.4 Å². The predicted octanol–water partition coefficient (Wildman–Crippen LogP) is 1.88. The van der Waals surface area contributed by atoms with Crippen LogP contribution >= 0.6 is 0 Å². The van der Waals surface area contributed by atoms with Gasteiger partial charge in [-0.05, 0) is 24.1 Å². The molecule has 21 heavy (non-hydrogen) atoms. The van der Waals surface area contributed by atoms with Crippen molar-refractivity contribution in [3.8, 4) is 6.07 Å². The number of nitrogens with zero attached hydrogens (tertiary/aromatic N) is 3. The van der Waals surface area contributed by atoms with Crippen LogP contribution in [0.15, 0.2) is 24.3 Å². The Morgan fingerprint density at radius 1 is 1.43 bits per heavy atom. The molecule has 0 atom stereocenters. The summed E-state index contributed by atoms with van der Waals surface area (Å²) in [5.74, 6) is -0.296. The number of carbonyl (C=O) groups excluding carboxylic acids is 1. The van der Waals surface area contributed by atoms with Crippen molar-refractivity contribution >= 4 is 17.3 Å². The third-order valence-corrected chi connectivity index (χ3v) is 3.21. The zero-order valence-electron chi connectivity index (χ0n) is 12.1. The molecule has 3 N–H and O–H groups in total. The Hall–Kier alpha value is -2.81. The monoisotopic (exact) mass is 283 g/mol. The highest BCUT2D eigenvalue weighted by Crippen LogP contribution is 2.19. The highest BCUT2D eigenvalue weighted by molar-refractivity contribution is 6.06. The third kappa shape index (κ3) is 3.03. The van der Waals surface area contributed by atoms with Gasteiger partial charge in [0.2, 0.25) is 0 Å². The van der Waals surface area contributed by atoms with Crippen molar-refractivity contribution in [3.63, 3.8) is 0 Å². The first-order valence-electron chi connectivity index (χ1n) is 6.65. The second kappa shape index (κ2) is 6.09. The molecule has 0 saturated carbocycles.